The van der Waals surface area contributed by atoms with Crippen molar-refractivity contribution in [2.45, 2.75) is 54.9 Å². The van der Waals surface area contributed by atoms with Gasteiger partial charge in [-0.25, -0.2) is 0 Å². The van der Waals surface area contributed by atoms with Crippen LogP contribution in [-0.2, 0) is 4.74 Å². The third kappa shape index (κ3) is 5.06. The van der Waals surface area contributed by atoms with E-state index >= 15 is 0 Å². The van der Waals surface area contributed by atoms with Crippen LogP contribution in [0.5, 0.6) is 0 Å². The molecule has 0 aliphatic carbocycles. The van der Waals surface area contributed by atoms with Gasteiger partial charge in [0.1, 0.15) is 6.61 Å². The van der Waals surface area contributed by atoms with Gasteiger partial charge >= 0.3 is 0 Å². The van der Waals surface area contributed by atoms with Gasteiger partial charge in [-0.1, -0.05) is 47.1 Å². The molecule has 1 heteroatoms. The van der Waals surface area contributed by atoms with Crippen LogP contribution in [0.4, 0.5) is 0 Å². The second kappa shape index (κ2) is 5.99. The molecule has 1 aliphatic heterocycles. The zero-order valence-electron chi connectivity index (χ0n) is 11.4. The topological polar surface area (TPSA) is 9.23 Å². The molecule has 0 saturated carbocycles. The molecule has 0 saturated heterocycles. The number of rotatable bonds is 0. The van der Waals surface area contributed by atoms with Crippen LogP contribution in [0, 0.1) is 5.41 Å². The maximum Gasteiger partial charge on any atom is 0.110 e. The van der Waals surface area contributed by atoms with Crippen molar-refractivity contribution in [2.24, 2.45) is 5.41 Å². The van der Waals surface area contributed by atoms with Crippen molar-refractivity contribution in [1.82, 2.24) is 0 Å². The highest BCUT2D eigenvalue weighted by Crippen LogP contribution is 2.30. The Hall–Kier alpha value is -0.720. The van der Waals surface area contributed by atoms with Gasteiger partial charge in [-0.15, -0.1) is 0 Å². The lowest BCUT2D eigenvalue weighted by molar-refractivity contribution is 0.213. The average Bonchev–Trinajstić information content (AvgIpc) is 2.09. The molecule has 0 fully saturated rings. The third-order valence-electron chi connectivity index (χ3n) is 2.35. The normalized spacial score (nSPS) is 16.3. The standard InChI is InChI=1S/C11H18O.C3H8/c1-8-6-10(11(3,4)5)7-12-9(8)2;1-3-2/h6H,7H2,1-5H3;3H2,1-2H3. The monoisotopic (exact) mass is 210 g/mol. The first-order chi connectivity index (χ1) is 6.82. The fourth-order valence-corrected chi connectivity index (χ4v) is 1.14. The molecule has 1 heterocycles. The van der Waals surface area contributed by atoms with Crippen molar-refractivity contribution in [1.29, 1.82) is 0 Å². The maximum absolute atomic E-state index is 5.54. The Morgan fingerprint density at radius 1 is 1.20 bits per heavy atom. The minimum absolute atomic E-state index is 0.238. The van der Waals surface area contributed by atoms with Crippen LogP contribution in [0.2, 0.25) is 0 Å². The van der Waals surface area contributed by atoms with Gasteiger partial charge in [0.2, 0.25) is 0 Å². The Morgan fingerprint density at radius 2 is 1.67 bits per heavy atom. The summed E-state index contributed by atoms with van der Waals surface area (Å²) in [6.07, 6.45) is 3.50. The van der Waals surface area contributed by atoms with E-state index in [4.69, 9.17) is 4.74 Å². The summed E-state index contributed by atoms with van der Waals surface area (Å²) in [4.78, 5) is 0. The number of allylic oxidation sites excluding steroid dienone is 3. The Balaban J connectivity index is 0.000000583. The summed E-state index contributed by atoms with van der Waals surface area (Å²) in [5, 5.41) is 0. The summed E-state index contributed by atoms with van der Waals surface area (Å²) in [6, 6.07) is 0. The molecule has 0 atom stereocenters. The van der Waals surface area contributed by atoms with Crippen LogP contribution in [0.1, 0.15) is 54.9 Å². The smallest absolute Gasteiger partial charge is 0.110 e. The number of hydrogen-bond donors (Lipinski definition) is 0. The van der Waals surface area contributed by atoms with Crippen molar-refractivity contribution in [2.75, 3.05) is 6.61 Å². The van der Waals surface area contributed by atoms with Gasteiger partial charge in [0, 0.05) is 0 Å². The minimum atomic E-state index is 0.238. The van der Waals surface area contributed by atoms with Crippen molar-refractivity contribution >= 4 is 0 Å². The predicted octanol–water partition coefficient (Wildman–Crippen LogP) is 4.70. The molecule has 88 valence electrons. The molecule has 0 radical (unpaired) electrons. The highest BCUT2D eigenvalue weighted by atomic mass is 16.5. The molecule has 1 aliphatic rings. The molecule has 0 aromatic heterocycles. The summed E-state index contributed by atoms with van der Waals surface area (Å²) in [5.74, 6) is 1.06. The van der Waals surface area contributed by atoms with E-state index < -0.39 is 0 Å². The molecule has 0 unspecified atom stereocenters. The van der Waals surface area contributed by atoms with Gasteiger partial charge in [-0.3, -0.25) is 0 Å². The molecule has 0 amide bonds. The first-order valence-electron chi connectivity index (χ1n) is 5.84. The quantitative estimate of drug-likeness (QED) is 0.563. The van der Waals surface area contributed by atoms with Crippen LogP contribution in [0.3, 0.4) is 0 Å². The summed E-state index contributed by atoms with van der Waals surface area (Å²) >= 11 is 0. The second-order valence-corrected chi connectivity index (χ2v) is 5.15. The van der Waals surface area contributed by atoms with E-state index in [1.54, 1.807) is 0 Å². The van der Waals surface area contributed by atoms with Crippen LogP contribution < -0.4 is 0 Å². The lowest BCUT2D eigenvalue weighted by Gasteiger charge is -2.27. The molecule has 1 nitrogen and oxygen atoms in total. The van der Waals surface area contributed by atoms with Crippen LogP contribution in [-0.4, -0.2) is 6.61 Å². The minimum Gasteiger partial charge on any atom is -0.494 e. The highest BCUT2D eigenvalue weighted by molar-refractivity contribution is 5.30. The zero-order chi connectivity index (χ0) is 12.1. The lowest BCUT2D eigenvalue weighted by atomic mass is 9.85. The van der Waals surface area contributed by atoms with Gasteiger partial charge < -0.3 is 4.74 Å². The lowest BCUT2D eigenvalue weighted by Crippen LogP contribution is -2.17. The van der Waals surface area contributed by atoms with E-state index in [9.17, 15) is 0 Å². The van der Waals surface area contributed by atoms with Crippen LogP contribution in [0.25, 0.3) is 0 Å². The summed E-state index contributed by atoms with van der Waals surface area (Å²) in [5.41, 5.74) is 2.87. The highest BCUT2D eigenvalue weighted by Gasteiger charge is 2.20. The largest absolute Gasteiger partial charge is 0.494 e. The first kappa shape index (κ1) is 14.3. The Labute approximate surface area is 95.2 Å². The fraction of sp³-hybridized carbons (Fsp3) is 0.714. The summed E-state index contributed by atoms with van der Waals surface area (Å²) < 4.78 is 5.54. The molecular formula is C14H26O. The van der Waals surface area contributed by atoms with Crippen LogP contribution >= 0.6 is 0 Å². The van der Waals surface area contributed by atoms with E-state index in [2.05, 4.69) is 47.6 Å². The average molecular weight is 210 g/mol. The maximum atomic E-state index is 5.54. The van der Waals surface area contributed by atoms with E-state index in [0.717, 1.165) is 12.4 Å². The third-order valence-corrected chi connectivity index (χ3v) is 2.35. The van der Waals surface area contributed by atoms with Crippen molar-refractivity contribution in [3.8, 4) is 0 Å². The van der Waals surface area contributed by atoms with Gasteiger partial charge in [0.15, 0.2) is 0 Å². The molecule has 0 aromatic carbocycles. The molecule has 0 bridgehead atoms. The van der Waals surface area contributed by atoms with Gasteiger partial charge in [-0.2, -0.15) is 0 Å². The predicted molar refractivity (Wildman–Crippen MR) is 67.8 cm³/mol. The van der Waals surface area contributed by atoms with E-state index in [1.807, 2.05) is 6.92 Å². The number of ether oxygens (including phenoxy) is 1. The SMILES string of the molecule is CC1=C(C)OCC(C(C)(C)C)=C1.CCC. The number of hydrogen-bond acceptors (Lipinski definition) is 1. The van der Waals surface area contributed by atoms with Crippen molar-refractivity contribution in [3.05, 3.63) is 23.0 Å². The van der Waals surface area contributed by atoms with E-state index in [-0.39, 0.29) is 5.41 Å². The Kier molecular flexibility index (Phi) is 5.71. The molecule has 0 spiro atoms. The fourth-order valence-electron chi connectivity index (χ4n) is 1.14. The van der Waals surface area contributed by atoms with Crippen molar-refractivity contribution in [3.63, 3.8) is 0 Å². The second-order valence-electron chi connectivity index (χ2n) is 5.15. The Bertz CT molecular complexity index is 251. The molecule has 15 heavy (non-hydrogen) atoms. The molecule has 1 rings (SSSR count). The van der Waals surface area contributed by atoms with Crippen molar-refractivity contribution < 1.29 is 4.74 Å². The van der Waals surface area contributed by atoms with E-state index in [0.29, 0.717) is 0 Å². The van der Waals surface area contributed by atoms with Crippen LogP contribution in [0.15, 0.2) is 23.0 Å². The molecule has 0 N–H and O–H groups in total. The van der Waals surface area contributed by atoms with Gasteiger partial charge in [0.05, 0.1) is 5.76 Å². The zero-order valence-corrected chi connectivity index (χ0v) is 11.4. The molecule has 0 aromatic rings. The summed E-state index contributed by atoms with van der Waals surface area (Å²) in [6.45, 7) is 15.8. The van der Waals surface area contributed by atoms with Gasteiger partial charge in [-0.05, 0) is 30.4 Å². The van der Waals surface area contributed by atoms with Gasteiger partial charge in [0.25, 0.3) is 0 Å². The molecular weight excluding hydrogens is 184 g/mol. The summed E-state index contributed by atoms with van der Waals surface area (Å²) in [7, 11) is 0. The van der Waals surface area contributed by atoms with E-state index in [1.165, 1.54) is 17.6 Å². The first-order valence-corrected chi connectivity index (χ1v) is 5.84. The Morgan fingerprint density at radius 3 is 2.00 bits per heavy atom.